The zero-order valence-corrected chi connectivity index (χ0v) is 14.3. The van der Waals surface area contributed by atoms with Crippen molar-refractivity contribution >= 4 is 16.7 Å². The Labute approximate surface area is 149 Å². The Bertz CT molecular complexity index is 934. The minimum absolute atomic E-state index is 0.122. The summed E-state index contributed by atoms with van der Waals surface area (Å²) in [6.45, 7) is 0. The van der Waals surface area contributed by atoms with E-state index in [1.54, 1.807) is 12.1 Å². The molecule has 0 saturated heterocycles. The molecule has 3 nitrogen and oxygen atoms in total. The summed E-state index contributed by atoms with van der Waals surface area (Å²) in [5.41, 5.74) is 11.2. The second-order valence-electron chi connectivity index (χ2n) is 6.14. The summed E-state index contributed by atoms with van der Waals surface area (Å²) in [5, 5.41) is -0.122. The van der Waals surface area contributed by atoms with Crippen molar-refractivity contribution in [2.75, 3.05) is 0 Å². The normalized spacial score (nSPS) is 13.9. The van der Waals surface area contributed by atoms with Crippen LogP contribution in [0.4, 0.5) is 0 Å². The Kier molecular flexibility index (Phi) is 3.98. The molecule has 3 aromatic rings. The molecule has 0 spiro atoms. The van der Waals surface area contributed by atoms with Gasteiger partial charge >= 0.3 is 0 Å². The van der Waals surface area contributed by atoms with E-state index in [-0.39, 0.29) is 5.25 Å². The number of primary amides is 1. The highest BCUT2D eigenvalue weighted by atomic mass is 32.2. The van der Waals surface area contributed by atoms with E-state index >= 15 is 0 Å². The van der Waals surface area contributed by atoms with Gasteiger partial charge in [-0.2, -0.15) is 0 Å². The third-order valence-electron chi connectivity index (χ3n) is 4.59. The lowest BCUT2D eigenvalue weighted by atomic mass is 10.1. The summed E-state index contributed by atoms with van der Waals surface area (Å²) in [5.74, 6) is -0.0156. The second kappa shape index (κ2) is 6.30. The van der Waals surface area contributed by atoms with E-state index in [2.05, 4.69) is 24.3 Å². The fourth-order valence-corrected chi connectivity index (χ4v) is 5.07. The van der Waals surface area contributed by atoms with Gasteiger partial charge < -0.3 is 5.73 Å². The van der Waals surface area contributed by atoms with Crippen molar-refractivity contribution < 1.29 is 9.00 Å². The van der Waals surface area contributed by atoms with Gasteiger partial charge in [-0.25, -0.2) is 0 Å². The molecule has 1 aliphatic rings. The van der Waals surface area contributed by atoms with E-state index in [9.17, 15) is 9.00 Å². The maximum Gasteiger partial charge on any atom is 0.248 e. The first kappa shape index (κ1) is 15.8. The van der Waals surface area contributed by atoms with E-state index in [1.165, 1.54) is 11.1 Å². The zero-order chi connectivity index (χ0) is 17.4. The number of amides is 1. The van der Waals surface area contributed by atoms with Crippen LogP contribution in [0.3, 0.4) is 0 Å². The first-order valence-electron chi connectivity index (χ1n) is 8.09. The summed E-state index contributed by atoms with van der Waals surface area (Å²) >= 11 is 0. The Morgan fingerprint density at radius 3 is 1.88 bits per heavy atom. The maximum absolute atomic E-state index is 13.2. The van der Waals surface area contributed by atoms with Crippen molar-refractivity contribution in [1.29, 1.82) is 0 Å². The van der Waals surface area contributed by atoms with Crippen molar-refractivity contribution in [1.82, 2.24) is 0 Å². The monoisotopic (exact) mass is 347 g/mol. The molecule has 0 radical (unpaired) electrons. The molecule has 124 valence electrons. The van der Waals surface area contributed by atoms with Crippen LogP contribution in [0, 0.1) is 0 Å². The lowest BCUT2D eigenvalue weighted by Crippen LogP contribution is -2.11. The lowest BCUT2D eigenvalue weighted by Gasteiger charge is -2.13. The third-order valence-corrected chi connectivity index (χ3v) is 6.24. The summed E-state index contributed by atoms with van der Waals surface area (Å²) in [4.78, 5) is 11.2. The van der Waals surface area contributed by atoms with Gasteiger partial charge in [-0.15, -0.1) is 0 Å². The van der Waals surface area contributed by atoms with E-state index in [1.807, 2.05) is 36.4 Å². The highest BCUT2D eigenvalue weighted by Crippen LogP contribution is 2.46. The summed E-state index contributed by atoms with van der Waals surface area (Å²) in [6.07, 6.45) is 0. The number of hydrogen-bond donors (Lipinski definition) is 1. The molecule has 0 fully saturated rings. The van der Waals surface area contributed by atoms with Gasteiger partial charge in [0.05, 0.1) is 5.25 Å². The Balaban J connectivity index is 1.67. The van der Waals surface area contributed by atoms with Crippen LogP contribution < -0.4 is 5.73 Å². The minimum Gasteiger partial charge on any atom is -0.366 e. The molecule has 2 N–H and O–H groups in total. The van der Waals surface area contributed by atoms with E-state index < -0.39 is 16.7 Å². The Morgan fingerprint density at radius 2 is 1.36 bits per heavy atom. The Hall–Kier alpha value is -2.72. The number of carbonyl (C=O) groups excluding carboxylic acids is 1. The molecule has 3 aromatic carbocycles. The van der Waals surface area contributed by atoms with Crippen LogP contribution in [-0.4, -0.2) is 10.1 Å². The highest BCUT2D eigenvalue weighted by Gasteiger charge is 2.32. The molecule has 0 saturated carbocycles. The van der Waals surface area contributed by atoms with E-state index in [4.69, 9.17) is 5.73 Å². The molecular weight excluding hydrogens is 330 g/mol. The standard InChI is InChI=1S/C21H17NO2S/c22-21(23)15-11-9-14(10-12-15)13-25(24)20-18-7-3-1-5-16(18)17-6-2-4-8-19(17)20/h1-12,20H,13H2,(H2,22,23). The summed E-state index contributed by atoms with van der Waals surface area (Å²) in [7, 11) is -1.10. The van der Waals surface area contributed by atoms with Crippen LogP contribution in [0.25, 0.3) is 11.1 Å². The lowest BCUT2D eigenvalue weighted by molar-refractivity contribution is 0.100. The van der Waals surface area contributed by atoms with Crippen molar-refractivity contribution in [2.45, 2.75) is 11.0 Å². The predicted molar refractivity (Wildman–Crippen MR) is 101 cm³/mol. The molecule has 4 rings (SSSR count). The molecule has 0 aliphatic heterocycles. The first-order chi connectivity index (χ1) is 12.1. The van der Waals surface area contributed by atoms with Gasteiger partial charge in [-0.3, -0.25) is 9.00 Å². The van der Waals surface area contributed by atoms with Crippen LogP contribution in [0.15, 0.2) is 72.8 Å². The third kappa shape index (κ3) is 2.79. The van der Waals surface area contributed by atoms with Crippen molar-refractivity contribution in [3.8, 4) is 11.1 Å². The summed E-state index contributed by atoms with van der Waals surface area (Å²) in [6, 6.07) is 23.4. The minimum atomic E-state index is -1.10. The number of rotatable bonds is 4. The van der Waals surface area contributed by atoms with Crippen LogP contribution in [-0.2, 0) is 16.6 Å². The topological polar surface area (TPSA) is 60.2 Å². The van der Waals surface area contributed by atoms with Crippen molar-refractivity contribution in [3.63, 3.8) is 0 Å². The Morgan fingerprint density at radius 1 is 0.840 bits per heavy atom. The maximum atomic E-state index is 13.2. The predicted octanol–water partition coefficient (Wildman–Crippen LogP) is 3.80. The van der Waals surface area contributed by atoms with Crippen LogP contribution in [0.2, 0.25) is 0 Å². The molecule has 0 heterocycles. The van der Waals surface area contributed by atoms with Crippen molar-refractivity contribution in [2.24, 2.45) is 5.73 Å². The number of nitrogens with two attached hydrogens (primary N) is 1. The molecule has 0 aromatic heterocycles. The number of benzene rings is 3. The number of fused-ring (bicyclic) bond motifs is 3. The van der Waals surface area contributed by atoms with Gasteiger partial charge in [0.1, 0.15) is 0 Å². The fourth-order valence-electron chi connectivity index (χ4n) is 3.41. The van der Waals surface area contributed by atoms with Gasteiger partial charge in [-0.1, -0.05) is 60.7 Å². The fraction of sp³-hybridized carbons (Fsp3) is 0.0952. The average Bonchev–Trinajstić information content (AvgIpc) is 2.97. The smallest absolute Gasteiger partial charge is 0.248 e. The summed E-state index contributed by atoms with van der Waals surface area (Å²) < 4.78 is 13.2. The van der Waals surface area contributed by atoms with Gasteiger partial charge in [0.25, 0.3) is 0 Å². The largest absolute Gasteiger partial charge is 0.366 e. The molecule has 1 aliphatic carbocycles. The second-order valence-corrected chi connectivity index (χ2v) is 7.66. The highest BCUT2D eigenvalue weighted by molar-refractivity contribution is 7.84. The SMILES string of the molecule is NC(=O)c1ccc(CS(=O)C2c3ccccc3-c3ccccc32)cc1. The molecule has 1 atom stereocenters. The first-order valence-corrected chi connectivity index (χ1v) is 9.47. The molecule has 25 heavy (non-hydrogen) atoms. The number of hydrogen-bond acceptors (Lipinski definition) is 2. The molecular formula is C21H17NO2S. The van der Waals surface area contributed by atoms with Gasteiger partial charge in [0.15, 0.2) is 0 Å². The molecule has 1 unspecified atom stereocenters. The van der Waals surface area contributed by atoms with Crippen LogP contribution in [0.5, 0.6) is 0 Å². The number of carbonyl (C=O) groups is 1. The molecule has 0 bridgehead atoms. The van der Waals surface area contributed by atoms with Gasteiger partial charge in [-0.05, 0) is 39.9 Å². The average molecular weight is 347 g/mol. The molecule has 1 amide bonds. The zero-order valence-electron chi connectivity index (χ0n) is 13.5. The van der Waals surface area contributed by atoms with Gasteiger partial charge in [0.2, 0.25) is 5.91 Å². The van der Waals surface area contributed by atoms with E-state index in [0.717, 1.165) is 16.7 Å². The van der Waals surface area contributed by atoms with Gasteiger partial charge in [0, 0.05) is 22.1 Å². The quantitative estimate of drug-likeness (QED) is 0.780. The van der Waals surface area contributed by atoms with Crippen molar-refractivity contribution in [3.05, 3.63) is 95.1 Å². The molecule has 4 heteroatoms. The van der Waals surface area contributed by atoms with Crippen LogP contribution >= 0.6 is 0 Å². The van der Waals surface area contributed by atoms with E-state index in [0.29, 0.717) is 11.3 Å². The van der Waals surface area contributed by atoms with Crippen LogP contribution in [0.1, 0.15) is 32.3 Å².